The lowest BCUT2D eigenvalue weighted by Crippen LogP contribution is -2.38. The van der Waals surface area contributed by atoms with Crippen molar-refractivity contribution in [2.75, 3.05) is 39.5 Å². The van der Waals surface area contributed by atoms with E-state index in [0.717, 1.165) is 54.7 Å². The summed E-state index contributed by atoms with van der Waals surface area (Å²) in [7, 11) is 0. The molecule has 4 heteroatoms. The molecule has 1 aromatic rings. The Balaban J connectivity index is 1.86. The van der Waals surface area contributed by atoms with Crippen molar-refractivity contribution in [1.82, 2.24) is 4.90 Å². The van der Waals surface area contributed by atoms with Crippen LogP contribution in [0.2, 0.25) is 5.02 Å². The standard InChI is InChI=1S/C14H20ClNO2/c1-11-9-13(15)12(2)14(10-11)18-8-5-16-3-6-17-7-4-16/h9-10H,3-8H2,1-2H3. The second-order valence-corrected chi connectivity index (χ2v) is 5.08. The minimum absolute atomic E-state index is 0.695. The molecule has 0 unspecified atom stereocenters. The van der Waals surface area contributed by atoms with Gasteiger partial charge >= 0.3 is 0 Å². The monoisotopic (exact) mass is 269 g/mol. The van der Waals surface area contributed by atoms with Crippen LogP contribution in [-0.2, 0) is 4.74 Å². The zero-order valence-corrected chi connectivity index (χ0v) is 11.8. The number of nitrogens with zero attached hydrogens (tertiary/aromatic N) is 1. The van der Waals surface area contributed by atoms with E-state index in [2.05, 4.69) is 4.90 Å². The summed E-state index contributed by atoms with van der Waals surface area (Å²) in [4.78, 5) is 2.36. The SMILES string of the molecule is Cc1cc(Cl)c(C)c(OCCN2CCOCC2)c1. The molecule has 0 aromatic heterocycles. The highest BCUT2D eigenvalue weighted by Gasteiger charge is 2.10. The first kappa shape index (κ1) is 13.7. The van der Waals surface area contributed by atoms with E-state index in [1.807, 2.05) is 26.0 Å². The first-order valence-electron chi connectivity index (χ1n) is 6.36. The van der Waals surface area contributed by atoms with E-state index in [1.165, 1.54) is 0 Å². The zero-order valence-electron chi connectivity index (χ0n) is 11.0. The Labute approximate surface area is 114 Å². The summed E-state index contributed by atoms with van der Waals surface area (Å²) in [6.45, 7) is 9.30. The summed E-state index contributed by atoms with van der Waals surface area (Å²) >= 11 is 6.14. The van der Waals surface area contributed by atoms with Gasteiger partial charge in [0, 0.05) is 30.2 Å². The van der Waals surface area contributed by atoms with Crippen LogP contribution in [-0.4, -0.2) is 44.4 Å². The molecule has 0 amide bonds. The Kier molecular flexibility index (Phi) is 4.87. The number of benzene rings is 1. The van der Waals surface area contributed by atoms with Crippen molar-refractivity contribution in [2.45, 2.75) is 13.8 Å². The molecule has 18 heavy (non-hydrogen) atoms. The average Bonchev–Trinajstić information content (AvgIpc) is 2.36. The smallest absolute Gasteiger partial charge is 0.124 e. The van der Waals surface area contributed by atoms with Crippen molar-refractivity contribution in [3.63, 3.8) is 0 Å². The summed E-state index contributed by atoms with van der Waals surface area (Å²) in [6, 6.07) is 4.01. The molecule has 0 aliphatic carbocycles. The maximum absolute atomic E-state index is 6.14. The molecular weight excluding hydrogens is 250 g/mol. The average molecular weight is 270 g/mol. The number of aryl methyl sites for hydroxylation is 1. The topological polar surface area (TPSA) is 21.7 Å². The first-order chi connectivity index (χ1) is 8.66. The first-order valence-corrected chi connectivity index (χ1v) is 6.74. The Bertz CT molecular complexity index is 403. The van der Waals surface area contributed by atoms with Gasteiger partial charge in [0.15, 0.2) is 0 Å². The van der Waals surface area contributed by atoms with E-state index in [-0.39, 0.29) is 0 Å². The summed E-state index contributed by atoms with van der Waals surface area (Å²) in [5.74, 6) is 0.897. The molecule has 0 bridgehead atoms. The van der Waals surface area contributed by atoms with Gasteiger partial charge in [-0.15, -0.1) is 0 Å². The van der Waals surface area contributed by atoms with E-state index in [9.17, 15) is 0 Å². The molecule has 1 fully saturated rings. The van der Waals surface area contributed by atoms with Gasteiger partial charge in [0.25, 0.3) is 0 Å². The molecule has 0 saturated carbocycles. The number of ether oxygens (including phenoxy) is 2. The fraction of sp³-hybridized carbons (Fsp3) is 0.571. The summed E-state index contributed by atoms with van der Waals surface area (Å²) < 4.78 is 11.1. The normalized spacial score (nSPS) is 16.8. The molecule has 1 aliphatic heterocycles. The van der Waals surface area contributed by atoms with Crippen molar-refractivity contribution in [3.8, 4) is 5.75 Å². The number of rotatable bonds is 4. The van der Waals surface area contributed by atoms with E-state index >= 15 is 0 Å². The zero-order chi connectivity index (χ0) is 13.0. The van der Waals surface area contributed by atoms with Crippen LogP contribution < -0.4 is 4.74 Å². The summed E-state index contributed by atoms with van der Waals surface area (Å²) in [5, 5.41) is 0.774. The number of morpholine rings is 1. The molecule has 2 rings (SSSR count). The molecule has 3 nitrogen and oxygen atoms in total. The highest BCUT2D eigenvalue weighted by Crippen LogP contribution is 2.27. The van der Waals surface area contributed by atoms with Gasteiger partial charge in [-0.05, 0) is 31.5 Å². The quantitative estimate of drug-likeness (QED) is 0.839. The lowest BCUT2D eigenvalue weighted by Gasteiger charge is -2.26. The second kappa shape index (κ2) is 6.41. The van der Waals surface area contributed by atoms with Crippen LogP contribution in [0.15, 0.2) is 12.1 Å². The molecule has 1 aromatic carbocycles. The van der Waals surface area contributed by atoms with Crippen molar-refractivity contribution >= 4 is 11.6 Å². The molecule has 1 saturated heterocycles. The van der Waals surface area contributed by atoms with Crippen LogP contribution in [0.5, 0.6) is 5.75 Å². The third-order valence-corrected chi connectivity index (χ3v) is 3.60. The van der Waals surface area contributed by atoms with Gasteiger partial charge in [-0.3, -0.25) is 4.90 Å². The van der Waals surface area contributed by atoms with Crippen LogP contribution >= 0.6 is 11.6 Å². The van der Waals surface area contributed by atoms with Crippen LogP contribution in [0, 0.1) is 13.8 Å². The van der Waals surface area contributed by atoms with Gasteiger partial charge < -0.3 is 9.47 Å². The minimum atomic E-state index is 0.695. The van der Waals surface area contributed by atoms with Crippen molar-refractivity contribution in [3.05, 3.63) is 28.3 Å². The van der Waals surface area contributed by atoms with Crippen molar-refractivity contribution < 1.29 is 9.47 Å². The molecule has 0 atom stereocenters. The van der Waals surface area contributed by atoms with Gasteiger partial charge in [-0.2, -0.15) is 0 Å². The van der Waals surface area contributed by atoms with Gasteiger partial charge in [0.2, 0.25) is 0 Å². The lowest BCUT2D eigenvalue weighted by molar-refractivity contribution is 0.0322. The molecule has 1 heterocycles. The largest absolute Gasteiger partial charge is 0.492 e. The van der Waals surface area contributed by atoms with Crippen LogP contribution in [0.3, 0.4) is 0 Å². The van der Waals surface area contributed by atoms with E-state index in [0.29, 0.717) is 6.61 Å². The molecular formula is C14H20ClNO2. The van der Waals surface area contributed by atoms with E-state index < -0.39 is 0 Å². The Morgan fingerprint density at radius 3 is 2.72 bits per heavy atom. The highest BCUT2D eigenvalue weighted by molar-refractivity contribution is 6.31. The second-order valence-electron chi connectivity index (χ2n) is 4.67. The minimum Gasteiger partial charge on any atom is -0.492 e. The Morgan fingerprint density at radius 2 is 2.00 bits per heavy atom. The molecule has 0 N–H and O–H groups in total. The molecule has 1 aliphatic rings. The van der Waals surface area contributed by atoms with Crippen LogP contribution in [0.25, 0.3) is 0 Å². The number of hydrogen-bond donors (Lipinski definition) is 0. The van der Waals surface area contributed by atoms with Gasteiger partial charge in [-0.25, -0.2) is 0 Å². The summed E-state index contributed by atoms with van der Waals surface area (Å²) in [5.41, 5.74) is 2.15. The third-order valence-electron chi connectivity index (χ3n) is 3.21. The fourth-order valence-electron chi connectivity index (χ4n) is 2.04. The Hall–Kier alpha value is -0.770. The molecule has 100 valence electrons. The number of hydrogen-bond acceptors (Lipinski definition) is 3. The fourth-order valence-corrected chi connectivity index (χ4v) is 2.31. The van der Waals surface area contributed by atoms with Crippen LogP contribution in [0.4, 0.5) is 0 Å². The van der Waals surface area contributed by atoms with Gasteiger partial charge in [0.1, 0.15) is 12.4 Å². The van der Waals surface area contributed by atoms with Crippen molar-refractivity contribution in [1.29, 1.82) is 0 Å². The molecule has 0 radical (unpaired) electrons. The van der Waals surface area contributed by atoms with Crippen molar-refractivity contribution in [2.24, 2.45) is 0 Å². The predicted molar refractivity (Wildman–Crippen MR) is 73.7 cm³/mol. The highest BCUT2D eigenvalue weighted by atomic mass is 35.5. The summed E-state index contributed by atoms with van der Waals surface area (Å²) in [6.07, 6.45) is 0. The number of halogens is 1. The lowest BCUT2D eigenvalue weighted by atomic mass is 10.1. The van der Waals surface area contributed by atoms with Gasteiger partial charge in [0.05, 0.1) is 13.2 Å². The maximum Gasteiger partial charge on any atom is 0.124 e. The maximum atomic E-state index is 6.14. The van der Waals surface area contributed by atoms with Crippen LogP contribution in [0.1, 0.15) is 11.1 Å². The predicted octanol–water partition coefficient (Wildman–Crippen LogP) is 2.67. The Morgan fingerprint density at radius 1 is 1.28 bits per heavy atom. The van der Waals surface area contributed by atoms with Gasteiger partial charge in [-0.1, -0.05) is 11.6 Å². The third kappa shape index (κ3) is 3.61. The van der Waals surface area contributed by atoms with E-state index in [1.54, 1.807) is 0 Å². The molecule has 0 spiro atoms. The van der Waals surface area contributed by atoms with E-state index in [4.69, 9.17) is 21.1 Å².